The summed E-state index contributed by atoms with van der Waals surface area (Å²) in [6, 6.07) is 5.57. The van der Waals surface area contributed by atoms with Crippen LogP contribution in [0.4, 0.5) is 10.5 Å². The lowest BCUT2D eigenvalue weighted by molar-refractivity contribution is -0.141. The van der Waals surface area contributed by atoms with Gasteiger partial charge in [-0.2, -0.15) is 0 Å². The summed E-state index contributed by atoms with van der Waals surface area (Å²) in [7, 11) is 1.56. The van der Waals surface area contributed by atoms with E-state index < -0.39 is 29.3 Å². The van der Waals surface area contributed by atoms with Crippen LogP contribution in [0.15, 0.2) is 36.4 Å². The van der Waals surface area contributed by atoms with Crippen molar-refractivity contribution in [2.45, 2.75) is 95.4 Å². The van der Waals surface area contributed by atoms with Gasteiger partial charge in [0.2, 0.25) is 11.8 Å². The number of rotatable bonds is 4. The summed E-state index contributed by atoms with van der Waals surface area (Å²) >= 11 is 0. The Morgan fingerprint density at radius 1 is 1.10 bits per heavy atom. The molecule has 0 radical (unpaired) electrons. The number of carbonyl (C=O) groups excluding carboxylic acids is 4. The van der Waals surface area contributed by atoms with E-state index in [-0.39, 0.29) is 23.6 Å². The smallest absolute Gasteiger partial charge is 0.408 e. The summed E-state index contributed by atoms with van der Waals surface area (Å²) in [5, 5.41) is 8.72. The second kappa shape index (κ2) is 12.3. The minimum atomic E-state index is -1.09. The highest BCUT2D eigenvalue weighted by molar-refractivity contribution is 6.04. The molecular weight excluding hydrogens is 512 g/mol. The average Bonchev–Trinajstić information content (AvgIpc) is 3.35. The molecule has 3 N–H and O–H groups in total. The van der Waals surface area contributed by atoms with Crippen LogP contribution in [0.5, 0.6) is 5.75 Å². The highest BCUT2D eigenvalue weighted by Crippen LogP contribution is 2.46. The van der Waals surface area contributed by atoms with Gasteiger partial charge in [0.15, 0.2) is 0 Å². The number of carbonyl (C=O) groups is 4. The quantitative estimate of drug-likeness (QED) is 0.485. The predicted octanol–water partition coefficient (Wildman–Crippen LogP) is 3.91. The van der Waals surface area contributed by atoms with Gasteiger partial charge in [-0.3, -0.25) is 14.4 Å². The van der Waals surface area contributed by atoms with Crippen LogP contribution < -0.4 is 20.7 Å². The van der Waals surface area contributed by atoms with Crippen LogP contribution in [0.3, 0.4) is 0 Å². The third kappa shape index (κ3) is 7.14. The maximum atomic E-state index is 13.7. The molecule has 0 spiro atoms. The Balaban J connectivity index is 1.54. The van der Waals surface area contributed by atoms with Crippen molar-refractivity contribution in [1.29, 1.82) is 0 Å². The van der Waals surface area contributed by atoms with Crippen LogP contribution >= 0.6 is 0 Å². The summed E-state index contributed by atoms with van der Waals surface area (Å²) in [6.45, 7) is 5.72. The second-order valence-corrected chi connectivity index (χ2v) is 11.9. The topological polar surface area (TPSA) is 126 Å². The van der Waals surface area contributed by atoms with Gasteiger partial charge in [0.05, 0.1) is 7.11 Å². The van der Waals surface area contributed by atoms with E-state index in [0.717, 1.165) is 25.7 Å². The molecule has 2 heterocycles. The Hall–Kier alpha value is -3.56. The Morgan fingerprint density at radius 3 is 2.65 bits per heavy atom. The van der Waals surface area contributed by atoms with Crippen molar-refractivity contribution in [2.75, 3.05) is 19.0 Å². The Labute approximate surface area is 236 Å². The SMILES string of the molecule is COc1cccc(NC(=O)[C@@]23C[C@@H]2/C=C\CCCCC[C@H](NC(=O)OC(C)(C)C)C(=O)N2CCC[C@H]2C(=O)N3)c1. The number of ether oxygens (including phenoxy) is 2. The van der Waals surface area contributed by atoms with Crippen molar-refractivity contribution in [1.82, 2.24) is 15.5 Å². The second-order valence-electron chi connectivity index (χ2n) is 11.9. The van der Waals surface area contributed by atoms with Crippen molar-refractivity contribution < 1.29 is 28.7 Å². The largest absolute Gasteiger partial charge is 0.497 e. The van der Waals surface area contributed by atoms with E-state index in [4.69, 9.17) is 9.47 Å². The number of fused-ring (bicyclic) bond motifs is 2. The molecule has 1 saturated heterocycles. The number of methoxy groups -OCH3 is 1. The number of benzene rings is 1. The monoisotopic (exact) mass is 554 g/mol. The average molecular weight is 555 g/mol. The fourth-order valence-electron chi connectivity index (χ4n) is 5.49. The lowest BCUT2D eigenvalue weighted by Crippen LogP contribution is -2.57. The molecule has 0 unspecified atom stereocenters. The van der Waals surface area contributed by atoms with Crippen LogP contribution in [0.2, 0.25) is 0 Å². The standard InChI is InChI=1S/C30H42N4O6/c1-29(2,3)40-28(38)32-23-15-9-7-5-6-8-12-20-19-30(20,27(37)31-21-13-10-14-22(18-21)39-4)33-25(35)24-16-11-17-34(24)26(23)36/h8,10,12-14,18,20,23-24H,5-7,9,11,15-17,19H2,1-4H3,(H,31,37)(H,32,38)(H,33,35)/b12-8-/t20-,23-,24-,30+/m0/s1. The van der Waals surface area contributed by atoms with E-state index in [1.165, 1.54) is 0 Å². The molecule has 1 aliphatic carbocycles. The number of alkyl carbamates (subject to hydrolysis) is 1. The zero-order valence-corrected chi connectivity index (χ0v) is 24.0. The number of nitrogens with one attached hydrogen (secondary N) is 3. The molecule has 40 heavy (non-hydrogen) atoms. The molecule has 4 atom stereocenters. The van der Waals surface area contributed by atoms with Crippen LogP contribution in [-0.2, 0) is 19.1 Å². The number of amides is 4. The maximum absolute atomic E-state index is 13.7. The fourth-order valence-corrected chi connectivity index (χ4v) is 5.49. The van der Waals surface area contributed by atoms with Gasteiger partial charge in [0.1, 0.15) is 29.0 Å². The number of nitrogens with zero attached hydrogens (tertiary/aromatic N) is 1. The Bertz CT molecular complexity index is 1150. The summed E-state index contributed by atoms with van der Waals surface area (Å²) in [5.74, 6) is -0.469. The van der Waals surface area contributed by atoms with Crippen molar-refractivity contribution in [2.24, 2.45) is 5.92 Å². The first kappa shape index (κ1) is 29.4. The Kier molecular flexibility index (Phi) is 9.05. The van der Waals surface area contributed by atoms with Gasteiger partial charge in [0, 0.05) is 24.2 Å². The fraction of sp³-hybridized carbons (Fsp3) is 0.600. The van der Waals surface area contributed by atoms with Crippen LogP contribution in [0.25, 0.3) is 0 Å². The van der Waals surface area contributed by atoms with E-state index in [0.29, 0.717) is 43.7 Å². The van der Waals surface area contributed by atoms with E-state index in [2.05, 4.69) is 22.0 Å². The van der Waals surface area contributed by atoms with Gasteiger partial charge < -0.3 is 30.3 Å². The number of hydrogen-bond acceptors (Lipinski definition) is 6. The normalized spacial score (nSPS) is 28.1. The molecule has 2 fully saturated rings. The Morgan fingerprint density at radius 2 is 1.90 bits per heavy atom. The molecule has 4 amide bonds. The number of hydrogen-bond donors (Lipinski definition) is 3. The first-order valence-electron chi connectivity index (χ1n) is 14.3. The molecule has 1 saturated carbocycles. The lowest BCUT2D eigenvalue weighted by atomic mass is 10.0. The minimum Gasteiger partial charge on any atom is -0.497 e. The van der Waals surface area contributed by atoms with Crippen LogP contribution in [-0.4, -0.2) is 65.6 Å². The van der Waals surface area contributed by atoms with Gasteiger partial charge in [-0.25, -0.2) is 4.79 Å². The van der Waals surface area contributed by atoms with Gasteiger partial charge in [-0.05, 0) is 71.4 Å². The van der Waals surface area contributed by atoms with Crippen molar-refractivity contribution in [3.63, 3.8) is 0 Å². The molecule has 10 heteroatoms. The number of allylic oxidation sites excluding steroid dienone is 1. The summed E-state index contributed by atoms with van der Waals surface area (Å²) < 4.78 is 10.7. The van der Waals surface area contributed by atoms with Crippen LogP contribution in [0.1, 0.15) is 72.1 Å². The third-order valence-corrected chi connectivity index (χ3v) is 7.65. The molecule has 0 bridgehead atoms. The molecule has 0 aromatic heterocycles. The summed E-state index contributed by atoms with van der Waals surface area (Å²) in [6.07, 6.45) is 8.91. The molecule has 10 nitrogen and oxygen atoms in total. The van der Waals surface area contributed by atoms with Gasteiger partial charge >= 0.3 is 6.09 Å². The molecule has 1 aromatic carbocycles. The molecule has 2 aliphatic heterocycles. The lowest BCUT2D eigenvalue weighted by Gasteiger charge is -2.30. The summed E-state index contributed by atoms with van der Waals surface area (Å²) in [4.78, 5) is 55.0. The zero-order chi connectivity index (χ0) is 28.9. The van der Waals surface area contributed by atoms with Crippen molar-refractivity contribution in [3.05, 3.63) is 36.4 Å². The van der Waals surface area contributed by atoms with E-state index in [1.807, 2.05) is 6.08 Å². The van der Waals surface area contributed by atoms with Crippen molar-refractivity contribution >= 4 is 29.5 Å². The number of anilines is 1. The van der Waals surface area contributed by atoms with Crippen LogP contribution in [0, 0.1) is 5.92 Å². The van der Waals surface area contributed by atoms with Gasteiger partial charge in [0.25, 0.3) is 5.91 Å². The molecule has 1 aromatic rings. The van der Waals surface area contributed by atoms with Crippen molar-refractivity contribution in [3.8, 4) is 5.75 Å². The minimum absolute atomic E-state index is 0.140. The first-order chi connectivity index (χ1) is 19.0. The van der Waals surface area contributed by atoms with E-state index in [9.17, 15) is 19.2 Å². The molecular formula is C30H42N4O6. The highest BCUT2D eigenvalue weighted by atomic mass is 16.6. The van der Waals surface area contributed by atoms with Gasteiger partial charge in [-0.1, -0.05) is 31.1 Å². The summed E-state index contributed by atoms with van der Waals surface area (Å²) in [5.41, 5.74) is -1.22. The third-order valence-electron chi connectivity index (χ3n) is 7.65. The molecule has 3 aliphatic rings. The predicted molar refractivity (Wildman–Crippen MR) is 151 cm³/mol. The highest BCUT2D eigenvalue weighted by Gasteiger charge is 2.60. The zero-order valence-electron chi connectivity index (χ0n) is 24.0. The van der Waals surface area contributed by atoms with Gasteiger partial charge in [-0.15, -0.1) is 0 Å². The van der Waals surface area contributed by atoms with E-state index >= 15 is 0 Å². The maximum Gasteiger partial charge on any atom is 0.408 e. The molecule has 4 rings (SSSR count). The first-order valence-corrected chi connectivity index (χ1v) is 14.3. The molecule has 218 valence electrons. The van der Waals surface area contributed by atoms with E-state index in [1.54, 1.807) is 57.0 Å².